The van der Waals surface area contributed by atoms with Gasteiger partial charge in [-0.3, -0.25) is 19.4 Å². The first-order valence-electron chi connectivity index (χ1n) is 7.07. The van der Waals surface area contributed by atoms with Gasteiger partial charge in [0.05, 0.1) is 13.3 Å². The maximum Gasteiger partial charge on any atom is 0.271 e. The van der Waals surface area contributed by atoms with Crippen molar-refractivity contribution in [1.29, 1.82) is 0 Å². The highest BCUT2D eigenvalue weighted by Crippen LogP contribution is 2.25. The monoisotopic (exact) mass is 315 g/mol. The zero-order valence-electron chi connectivity index (χ0n) is 13.1. The number of hydrogen-bond donors (Lipinski definition) is 1. The summed E-state index contributed by atoms with van der Waals surface area (Å²) in [4.78, 5) is 44.1. The molecular weight excluding hydrogens is 298 g/mol. The number of hydrogen-bond acceptors (Lipinski definition) is 6. The molecule has 7 nitrogen and oxygen atoms in total. The number of carbonyl (C=O) groups excluding carboxylic acids is 3. The number of Topliss-reactive ketones (excluding diaryl/α,β-unsaturated/α-hetero) is 1. The molecule has 1 heterocycles. The minimum absolute atomic E-state index is 0.0382. The number of carbonyl (C=O) groups is 3. The van der Waals surface area contributed by atoms with Gasteiger partial charge in [-0.1, -0.05) is 13.8 Å². The van der Waals surface area contributed by atoms with Gasteiger partial charge in [0.1, 0.15) is 5.69 Å². The minimum Gasteiger partial charge on any atom is -0.492 e. The number of rotatable bonds is 5. The van der Waals surface area contributed by atoms with E-state index in [0.717, 1.165) is 0 Å². The molecule has 0 fully saturated rings. The second-order valence-electron chi connectivity index (χ2n) is 5.24. The molecule has 1 aromatic heterocycles. The summed E-state index contributed by atoms with van der Waals surface area (Å²) in [5.74, 6) is -1.24. The lowest BCUT2D eigenvalue weighted by atomic mass is 9.88. The third-order valence-electron chi connectivity index (χ3n) is 3.33. The smallest absolute Gasteiger partial charge is 0.271 e. The van der Waals surface area contributed by atoms with Crippen molar-refractivity contribution in [2.75, 3.05) is 13.7 Å². The highest BCUT2D eigenvalue weighted by atomic mass is 16.5. The van der Waals surface area contributed by atoms with Crippen molar-refractivity contribution in [2.24, 2.45) is 5.92 Å². The number of nitrogens with one attached hydrogen (secondary N) is 1. The van der Waals surface area contributed by atoms with Crippen LogP contribution in [0.4, 0.5) is 0 Å². The van der Waals surface area contributed by atoms with Crippen LogP contribution in [0.25, 0.3) is 0 Å². The summed E-state index contributed by atoms with van der Waals surface area (Å²) >= 11 is 0. The summed E-state index contributed by atoms with van der Waals surface area (Å²) in [5, 5.41) is 2.55. The van der Waals surface area contributed by atoms with Gasteiger partial charge >= 0.3 is 0 Å². The van der Waals surface area contributed by atoms with Gasteiger partial charge in [0.15, 0.2) is 11.5 Å². The number of ketones is 2. The van der Waals surface area contributed by atoms with E-state index in [1.165, 1.54) is 31.8 Å². The molecule has 1 amide bonds. The molecule has 0 radical (unpaired) electrons. The van der Waals surface area contributed by atoms with Crippen LogP contribution in [0.15, 0.2) is 41.6 Å². The van der Waals surface area contributed by atoms with Gasteiger partial charge in [-0.05, 0) is 12.0 Å². The van der Waals surface area contributed by atoms with Gasteiger partial charge in [0.2, 0.25) is 5.78 Å². The average molecular weight is 315 g/mol. The van der Waals surface area contributed by atoms with E-state index in [1.54, 1.807) is 0 Å². The lowest BCUT2D eigenvalue weighted by Crippen LogP contribution is -2.32. The molecular formula is C16H17N3O4. The minimum atomic E-state index is -0.475. The van der Waals surface area contributed by atoms with Gasteiger partial charge in [-0.15, -0.1) is 0 Å². The van der Waals surface area contributed by atoms with Gasteiger partial charge in [-0.25, -0.2) is 4.98 Å². The molecule has 1 aliphatic carbocycles. The maximum atomic E-state index is 12.4. The Balaban J connectivity index is 2.13. The quantitative estimate of drug-likeness (QED) is 0.809. The topological polar surface area (TPSA) is 98.2 Å². The van der Waals surface area contributed by atoms with Crippen LogP contribution in [0.1, 0.15) is 24.3 Å². The Hall–Kier alpha value is -2.83. The van der Waals surface area contributed by atoms with Crippen molar-refractivity contribution in [2.45, 2.75) is 13.8 Å². The standard InChI is InChI=1S/C16H17N3O4/c1-9(2)13-12(20)6-10(14(21)15(13)23-3)7-19-16(22)11-8-17-4-5-18-11/h4-6,8-9H,7H2,1-3H3,(H,19,22). The molecule has 1 aliphatic rings. The van der Waals surface area contributed by atoms with Crippen LogP contribution in [0.3, 0.4) is 0 Å². The Morgan fingerprint density at radius 2 is 2.04 bits per heavy atom. The van der Waals surface area contributed by atoms with E-state index in [1.807, 2.05) is 13.8 Å². The molecule has 1 aromatic rings. The third kappa shape index (κ3) is 3.50. The fourth-order valence-electron chi connectivity index (χ4n) is 2.24. The number of allylic oxidation sites excluding steroid dienone is 3. The summed E-state index contributed by atoms with van der Waals surface area (Å²) in [7, 11) is 1.35. The fourth-order valence-corrected chi connectivity index (χ4v) is 2.24. The van der Waals surface area contributed by atoms with Crippen LogP contribution < -0.4 is 5.32 Å². The predicted molar refractivity (Wildman–Crippen MR) is 81.3 cm³/mol. The lowest BCUT2D eigenvalue weighted by molar-refractivity contribution is -0.118. The first kappa shape index (κ1) is 16.5. The maximum absolute atomic E-state index is 12.4. The zero-order valence-corrected chi connectivity index (χ0v) is 13.1. The van der Waals surface area contributed by atoms with Gasteiger partial charge in [-0.2, -0.15) is 0 Å². The van der Waals surface area contributed by atoms with Crippen LogP contribution in [0, 0.1) is 5.92 Å². The summed E-state index contributed by atoms with van der Waals surface area (Å²) in [6.07, 6.45) is 5.40. The Bertz CT molecular complexity index is 705. The summed E-state index contributed by atoms with van der Waals surface area (Å²) < 4.78 is 5.10. The third-order valence-corrected chi connectivity index (χ3v) is 3.33. The number of aromatic nitrogens is 2. The Kier molecular flexibility index (Phi) is 5.00. The molecule has 1 N–H and O–H groups in total. The van der Waals surface area contributed by atoms with Crippen molar-refractivity contribution >= 4 is 17.5 Å². The largest absolute Gasteiger partial charge is 0.492 e. The van der Waals surface area contributed by atoms with Crippen LogP contribution in [-0.2, 0) is 14.3 Å². The molecule has 7 heteroatoms. The zero-order chi connectivity index (χ0) is 17.0. The van der Waals surface area contributed by atoms with Crippen LogP contribution in [-0.4, -0.2) is 41.1 Å². The van der Waals surface area contributed by atoms with E-state index in [4.69, 9.17) is 4.74 Å². The van der Waals surface area contributed by atoms with E-state index >= 15 is 0 Å². The normalized spacial score (nSPS) is 14.9. The SMILES string of the molecule is COC1=C(C(C)C)C(=O)C=C(CNC(=O)c2cnccn2)C1=O. The van der Waals surface area contributed by atoms with E-state index in [0.29, 0.717) is 5.57 Å². The van der Waals surface area contributed by atoms with Gasteiger partial charge in [0.25, 0.3) is 5.91 Å². The first-order valence-corrected chi connectivity index (χ1v) is 7.07. The van der Waals surface area contributed by atoms with E-state index in [9.17, 15) is 14.4 Å². The fraction of sp³-hybridized carbons (Fsp3) is 0.312. The number of methoxy groups -OCH3 is 1. The Labute approximate surface area is 133 Å². The van der Waals surface area contributed by atoms with Crippen LogP contribution in [0.2, 0.25) is 0 Å². The Morgan fingerprint density at radius 1 is 1.30 bits per heavy atom. The molecule has 0 unspecified atom stereocenters. The van der Waals surface area contributed by atoms with E-state index in [2.05, 4.69) is 15.3 Å². The number of amides is 1. The van der Waals surface area contributed by atoms with Crippen molar-refractivity contribution in [3.05, 3.63) is 47.3 Å². The molecule has 0 bridgehead atoms. The second-order valence-corrected chi connectivity index (χ2v) is 5.24. The van der Waals surface area contributed by atoms with Crippen molar-refractivity contribution in [3.8, 4) is 0 Å². The summed E-state index contributed by atoms with van der Waals surface area (Å²) in [6, 6.07) is 0. The van der Waals surface area contributed by atoms with Crippen molar-refractivity contribution in [1.82, 2.24) is 15.3 Å². The van der Waals surface area contributed by atoms with Crippen LogP contribution >= 0.6 is 0 Å². The van der Waals surface area contributed by atoms with Gasteiger partial charge < -0.3 is 10.1 Å². The van der Waals surface area contributed by atoms with Gasteiger partial charge in [0, 0.05) is 30.1 Å². The highest BCUT2D eigenvalue weighted by Gasteiger charge is 2.31. The molecule has 23 heavy (non-hydrogen) atoms. The van der Waals surface area contributed by atoms with Crippen molar-refractivity contribution in [3.63, 3.8) is 0 Å². The number of nitrogens with zero attached hydrogens (tertiary/aromatic N) is 2. The molecule has 0 atom stereocenters. The van der Waals surface area contributed by atoms with E-state index in [-0.39, 0.29) is 35.3 Å². The second kappa shape index (κ2) is 6.95. The predicted octanol–water partition coefficient (Wildman–Crippen LogP) is 0.841. The highest BCUT2D eigenvalue weighted by molar-refractivity contribution is 6.22. The molecule has 120 valence electrons. The summed E-state index contributed by atoms with van der Waals surface area (Å²) in [6.45, 7) is 3.54. The molecule has 0 aromatic carbocycles. The average Bonchev–Trinajstić information content (AvgIpc) is 2.54. The van der Waals surface area contributed by atoms with E-state index < -0.39 is 11.7 Å². The Morgan fingerprint density at radius 3 is 2.61 bits per heavy atom. The van der Waals surface area contributed by atoms with Crippen molar-refractivity contribution < 1.29 is 19.1 Å². The summed E-state index contributed by atoms with van der Waals surface area (Å²) in [5.41, 5.74) is 0.656. The molecule has 0 aliphatic heterocycles. The molecule has 0 spiro atoms. The number of ether oxygens (including phenoxy) is 1. The lowest BCUT2D eigenvalue weighted by Gasteiger charge is -2.20. The molecule has 0 saturated heterocycles. The van der Waals surface area contributed by atoms with Crippen LogP contribution in [0.5, 0.6) is 0 Å². The molecule has 2 rings (SSSR count). The molecule has 0 saturated carbocycles. The first-order chi connectivity index (χ1) is 11.0.